The summed E-state index contributed by atoms with van der Waals surface area (Å²) in [5.74, 6) is -0.0515. The van der Waals surface area contributed by atoms with E-state index in [1.165, 1.54) is 5.57 Å². The van der Waals surface area contributed by atoms with Crippen molar-refractivity contribution < 1.29 is 34.1 Å². The molecule has 1 aromatic rings. The largest absolute Gasteiger partial charge is 0.481 e. The maximum atomic E-state index is 14.3. The van der Waals surface area contributed by atoms with E-state index in [-0.39, 0.29) is 51.8 Å². The van der Waals surface area contributed by atoms with Gasteiger partial charge in [-0.1, -0.05) is 77.8 Å². The van der Waals surface area contributed by atoms with E-state index in [0.717, 1.165) is 62.5 Å². The van der Waals surface area contributed by atoms with Crippen LogP contribution in [0.3, 0.4) is 0 Å². The summed E-state index contributed by atoms with van der Waals surface area (Å²) < 4.78 is 11.7. The summed E-state index contributed by atoms with van der Waals surface area (Å²) in [6.45, 7) is 22.0. The smallest absolute Gasteiger partial charge is 0.309 e. The number of aliphatic hydroxyl groups excluding tert-OH is 1. The SMILES string of the molecule is COCCN(Cc1ccc(Cl)cc1)C[C@@H](O)[C@@]12CC[C@]3(C)[C@H](CC[C@@H]4[C@@]5(C)CC[C@H](OC(=O)CC(C)(C)C(=O)O)C(C)(C)[C@@H]5CC[C@]43C)C1=C(C(C)C)C(=O)C2. The zero-order chi connectivity index (χ0) is 41.2. The topological polar surface area (TPSA) is 113 Å². The highest BCUT2D eigenvalue weighted by Crippen LogP contribution is 2.77. The van der Waals surface area contributed by atoms with Gasteiger partial charge in [0.15, 0.2) is 5.78 Å². The van der Waals surface area contributed by atoms with E-state index < -0.39 is 28.9 Å². The van der Waals surface area contributed by atoms with Gasteiger partial charge < -0.3 is 19.7 Å². The second kappa shape index (κ2) is 15.4. The molecular weight excluding hydrogens is 726 g/mol. The van der Waals surface area contributed by atoms with Crippen molar-refractivity contribution in [2.75, 3.05) is 26.8 Å². The number of methoxy groups -OCH3 is 1. The molecule has 56 heavy (non-hydrogen) atoms. The van der Waals surface area contributed by atoms with Gasteiger partial charge in [0.2, 0.25) is 0 Å². The van der Waals surface area contributed by atoms with Gasteiger partial charge in [-0.15, -0.1) is 0 Å². The Morgan fingerprint density at radius 2 is 1.62 bits per heavy atom. The van der Waals surface area contributed by atoms with Crippen LogP contribution in [-0.4, -0.2) is 71.8 Å². The third kappa shape index (κ3) is 7.12. The molecule has 0 amide bonds. The maximum absolute atomic E-state index is 14.3. The normalized spacial score (nSPS) is 35.8. The number of carboxylic acids is 1. The predicted octanol–water partition coefficient (Wildman–Crippen LogP) is 9.54. The highest BCUT2D eigenvalue weighted by atomic mass is 35.5. The number of carbonyl (C=O) groups is 3. The Kier molecular flexibility index (Phi) is 11.9. The van der Waals surface area contributed by atoms with Crippen LogP contribution in [0.2, 0.25) is 5.02 Å². The molecular formula is C47H70ClNO7. The van der Waals surface area contributed by atoms with Gasteiger partial charge in [-0.2, -0.15) is 0 Å². The number of nitrogens with zero attached hydrogens (tertiary/aromatic N) is 1. The van der Waals surface area contributed by atoms with E-state index in [4.69, 9.17) is 21.1 Å². The molecule has 0 radical (unpaired) electrons. The Labute approximate surface area is 341 Å². The average Bonchev–Trinajstić information content (AvgIpc) is 3.42. The predicted molar refractivity (Wildman–Crippen MR) is 220 cm³/mol. The lowest BCUT2D eigenvalue weighted by Gasteiger charge is -2.72. The molecule has 0 spiro atoms. The van der Waals surface area contributed by atoms with Crippen molar-refractivity contribution in [1.29, 1.82) is 0 Å². The lowest BCUT2D eigenvalue weighted by molar-refractivity contribution is -0.235. The first kappa shape index (κ1) is 43.3. The number of rotatable bonds is 13. The first-order chi connectivity index (χ1) is 26.1. The fraction of sp³-hybridized carbons (Fsp3) is 0.766. The molecule has 312 valence electrons. The number of hydrogen-bond acceptors (Lipinski definition) is 7. The van der Waals surface area contributed by atoms with E-state index in [1.54, 1.807) is 21.0 Å². The average molecular weight is 797 g/mol. The second-order valence-corrected chi connectivity index (χ2v) is 21.4. The van der Waals surface area contributed by atoms with Crippen LogP contribution in [0.15, 0.2) is 35.4 Å². The number of aliphatic hydroxyl groups is 1. The summed E-state index contributed by atoms with van der Waals surface area (Å²) in [4.78, 5) is 41.5. The van der Waals surface area contributed by atoms with Gasteiger partial charge in [0.25, 0.3) is 0 Å². The molecule has 0 unspecified atom stereocenters. The maximum Gasteiger partial charge on any atom is 0.309 e. The van der Waals surface area contributed by atoms with E-state index in [9.17, 15) is 24.6 Å². The van der Waals surface area contributed by atoms with Crippen molar-refractivity contribution in [2.45, 2.75) is 145 Å². The van der Waals surface area contributed by atoms with Gasteiger partial charge >= 0.3 is 11.9 Å². The third-order valence-corrected chi connectivity index (χ3v) is 17.1. The Hall–Kier alpha value is -2.26. The summed E-state index contributed by atoms with van der Waals surface area (Å²) in [5.41, 5.74) is 1.43. The van der Waals surface area contributed by atoms with Crippen LogP contribution >= 0.6 is 11.6 Å². The molecule has 1 aromatic carbocycles. The van der Waals surface area contributed by atoms with Crippen molar-refractivity contribution in [1.82, 2.24) is 4.90 Å². The number of hydrogen-bond donors (Lipinski definition) is 2. The second-order valence-electron chi connectivity index (χ2n) is 20.9. The number of allylic oxidation sites excluding steroid dienone is 1. The number of halogens is 1. The van der Waals surface area contributed by atoms with E-state index in [1.807, 2.05) is 24.3 Å². The summed E-state index contributed by atoms with van der Waals surface area (Å²) in [6.07, 6.45) is 7.01. The fourth-order valence-electron chi connectivity index (χ4n) is 13.6. The van der Waals surface area contributed by atoms with Crippen molar-refractivity contribution in [3.05, 3.63) is 46.0 Å². The number of aliphatic carboxylic acids is 1. The van der Waals surface area contributed by atoms with Crippen molar-refractivity contribution in [3.8, 4) is 0 Å². The molecule has 6 rings (SSSR count). The van der Waals surface area contributed by atoms with E-state index in [2.05, 4.69) is 53.4 Å². The van der Waals surface area contributed by atoms with Crippen LogP contribution in [-0.2, 0) is 30.4 Å². The highest BCUT2D eigenvalue weighted by molar-refractivity contribution is 6.30. The molecule has 4 saturated carbocycles. The molecule has 9 atom stereocenters. The van der Waals surface area contributed by atoms with Crippen LogP contribution in [0.1, 0.15) is 132 Å². The summed E-state index contributed by atoms with van der Waals surface area (Å²) >= 11 is 6.21. The molecule has 0 saturated heterocycles. The van der Waals surface area contributed by atoms with Gasteiger partial charge in [-0.25, -0.2) is 0 Å². The van der Waals surface area contributed by atoms with Gasteiger partial charge in [-0.3, -0.25) is 19.3 Å². The first-order valence-corrected chi connectivity index (χ1v) is 21.8. The molecule has 0 bridgehead atoms. The number of Topliss-reactive ketones (excluding diaryl/α,β-unsaturated/α-hetero) is 1. The minimum atomic E-state index is -1.17. The number of benzene rings is 1. The number of carboxylic acid groups (broad SMARTS) is 1. The Balaban J connectivity index is 1.28. The third-order valence-electron chi connectivity index (χ3n) is 16.9. The van der Waals surface area contributed by atoms with Gasteiger partial charge in [0.05, 0.1) is 24.5 Å². The quantitative estimate of drug-likeness (QED) is 0.190. The van der Waals surface area contributed by atoms with Gasteiger partial charge in [0.1, 0.15) is 6.10 Å². The number of ether oxygens (including phenoxy) is 2. The zero-order valence-electron chi connectivity index (χ0n) is 35.9. The Morgan fingerprint density at radius 3 is 2.25 bits per heavy atom. The molecule has 5 aliphatic rings. The monoisotopic (exact) mass is 795 g/mol. The molecule has 5 aliphatic carbocycles. The number of carbonyl (C=O) groups excluding carboxylic acids is 2. The van der Waals surface area contributed by atoms with Crippen molar-refractivity contribution >= 4 is 29.3 Å². The molecule has 0 heterocycles. The van der Waals surface area contributed by atoms with E-state index in [0.29, 0.717) is 49.5 Å². The van der Waals surface area contributed by atoms with Crippen LogP contribution in [0, 0.1) is 56.2 Å². The van der Waals surface area contributed by atoms with E-state index >= 15 is 0 Å². The summed E-state index contributed by atoms with van der Waals surface area (Å²) in [5, 5.41) is 22.9. The van der Waals surface area contributed by atoms with Crippen molar-refractivity contribution in [3.63, 3.8) is 0 Å². The molecule has 0 aliphatic heterocycles. The van der Waals surface area contributed by atoms with Crippen LogP contribution < -0.4 is 0 Å². The highest BCUT2D eigenvalue weighted by Gasteiger charge is 2.71. The molecule has 2 N–H and O–H groups in total. The van der Waals surface area contributed by atoms with Gasteiger partial charge in [-0.05, 0) is 128 Å². The lowest BCUT2D eigenvalue weighted by atomic mass is 9.33. The standard InChI is InChI=1S/C47H70ClNO7/c1-29(2)39-33(50)25-47(36(51)28-49(23-24-55-10)27-30-11-13-31(48)14-12-30)22-21-45(8)32(40(39)47)15-16-35-44(7)19-18-37(56-38(52)26-42(3,4)41(53)54)43(5,6)34(44)17-20-46(35,45)9/h11-14,29,32,34-37,51H,15-28H2,1-10H3,(H,53,54)/t32-,34+,35-,36-,37+,44+,45-,46-,47+/m1/s1. The van der Waals surface area contributed by atoms with Crippen LogP contribution in [0.5, 0.6) is 0 Å². The van der Waals surface area contributed by atoms with Crippen LogP contribution in [0.25, 0.3) is 0 Å². The number of fused-ring (bicyclic) bond motifs is 7. The molecule has 9 heteroatoms. The summed E-state index contributed by atoms with van der Waals surface area (Å²) in [6, 6.07) is 7.90. The lowest BCUT2D eigenvalue weighted by Crippen LogP contribution is -2.66. The fourth-order valence-corrected chi connectivity index (χ4v) is 13.8. The van der Waals surface area contributed by atoms with Crippen molar-refractivity contribution in [2.24, 2.45) is 56.2 Å². The van der Waals surface area contributed by atoms with Gasteiger partial charge in [0, 0.05) is 49.0 Å². The first-order valence-electron chi connectivity index (χ1n) is 21.4. The van der Waals surface area contributed by atoms with Crippen LogP contribution in [0.4, 0.5) is 0 Å². The number of ketones is 1. The Morgan fingerprint density at radius 1 is 0.946 bits per heavy atom. The minimum Gasteiger partial charge on any atom is -0.481 e. The zero-order valence-corrected chi connectivity index (χ0v) is 36.7. The Bertz CT molecular complexity index is 1700. The molecule has 8 nitrogen and oxygen atoms in total. The summed E-state index contributed by atoms with van der Waals surface area (Å²) in [7, 11) is 1.71. The number of esters is 1. The molecule has 4 fully saturated rings. The minimum absolute atomic E-state index is 0.0309. The molecule has 0 aromatic heterocycles.